The SMILES string of the molecule is Cc1cc(C2=C(c3ccc(CC4CN(CCCF)C4)cc3)c3ccc(C(=O)O)cc3CCC2)c(C)cc1F. The van der Waals surface area contributed by atoms with E-state index in [2.05, 4.69) is 29.2 Å². The molecular weight excluding hydrogens is 480 g/mol. The monoisotopic (exact) mass is 515 g/mol. The second kappa shape index (κ2) is 11.2. The second-order valence-corrected chi connectivity index (χ2v) is 10.9. The van der Waals surface area contributed by atoms with Gasteiger partial charge in [-0.1, -0.05) is 30.3 Å². The van der Waals surface area contributed by atoms with Crippen LogP contribution in [0.1, 0.15) is 68.6 Å². The van der Waals surface area contributed by atoms with Gasteiger partial charge in [-0.2, -0.15) is 0 Å². The van der Waals surface area contributed by atoms with Gasteiger partial charge in [-0.05, 0) is 126 Å². The number of carboxylic acids is 1. The first-order valence-corrected chi connectivity index (χ1v) is 13.6. The molecule has 3 aromatic carbocycles. The zero-order chi connectivity index (χ0) is 26.8. The molecule has 0 spiro atoms. The van der Waals surface area contributed by atoms with Crippen molar-refractivity contribution in [1.82, 2.24) is 4.90 Å². The molecule has 2 aliphatic rings. The molecule has 0 unspecified atom stereocenters. The highest BCUT2D eigenvalue weighted by molar-refractivity contribution is 6.01. The minimum atomic E-state index is -0.920. The Bertz CT molecular complexity index is 1370. The van der Waals surface area contributed by atoms with Gasteiger partial charge in [0.05, 0.1) is 12.2 Å². The molecular formula is C33H35F2NO2. The predicted octanol–water partition coefficient (Wildman–Crippen LogP) is 7.27. The molecule has 5 heteroatoms. The number of halogens is 2. The van der Waals surface area contributed by atoms with Crippen LogP contribution in [0.3, 0.4) is 0 Å². The summed E-state index contributed by atoms with van der Waals surface area (Å²) in [6.07, 6.45) is 4.14. The first-order valence-electron chi connectivity index (χ1n) is 13.6. The highest BCUT2D eigenvalue weighted by Crippen LogP contribution is 2.41. The third-order valence-corrected chi connectivity index (χ3v) is 8.03. The Labute approximate surface area is 223 Å². The Morgan fingerprint density at radius 3 is 2.45 bits per heavy atom. The minimum Gasteiger partial charge on any atom is -0.478 e. The lowest BCUT2D eigenvalue weighted by molar-refractivity contribution is 0.0696. The topological polar surface area (TPSA) is 40.5 Å². The van der Waals surface area contributed by atoms with E-state index in [9.17, 15) is 18.7 Å². The summed E-state index contributed by atoms with van der Waals surface area (Å²) in [6.45, 7) is 6.40. The van der Waals surface area contributed by atoms with Crippen molar-refractivity contribution in [2.24, 2.45) is 5.92 Å². The van der Waals surface area contributed by atoms with Crippen LogP contribution in [0.5, 0.6) is 0 Å². The molecule has 1 saturated heterocycles. The summed E-state index contributed by atoms with van der Waals surface area (Å²) in [7, 11) is 0. The Morgan fingerprint density at radius 2 is 1.74 bits per heavy atom. The molecule has 0 radical (unpaired) electrons. The third-order valence-electron chi connectivity index (χ3n) is 8.03. The summed E-state index contributed by atoms with van der Waals surface area (Å²) >= 11 is 0. The van der Waals surface area contributed by atoms with E-state index in [1.165, 1.54) is 11.1 Å². The van der Waals surface area contributed by atoms with Gasteiger partial charge in [-0.15, -0.1) is 0 Å². The summed E-state index contributed by atoms with van der Waals surface area (Å²) in [5.74, 6) is -0.512. The van der Waals surface area contributed by atoms with Gasteiger partial charge in [-0.25, -0.2) is 9.18 Å². The Kier molecular flexibility index (Phi) is 7.75. The molecule has 198 valence electrons. The molecule has 1 aliphatic carbocycles. The van der Waals surface area contributed by atoms with Crippen molar-refractivity contribution in [2.75, 3.05) is 26.3 Å². The zero-order valence-corrected chi connectivity index (χ0v) is 22.2. The first kappa shape index (κ1) is 26.3. The molecule has 38 heavy (non-hydrogen) atoms. The Morgan fingerprint density at radius 1 is 0.974 bits per heavy atom. The number of alkyl halides is 1. The summed E-state index contributed by atoms with van der Waals surface area (Å²) in [4.78, 5) is 14.0. The minimum absolute atomic E-state index is 0.197. The average Bonchev–Trinajstić information content (AvgIpc) is 3.07. The molecule has 0 amide bonds. The van der Waals surface area contributed by atoms with Crippen molar-refractivity contribution in [3.8, 4) is 0 Å². The van der Waals surface area contributed by atoms with E-state index in [0.717, 1.165) is 78.7 Å². The van der Waals surface area contributed by atoms with E-state index in [1.54, 1.807) is 19.1 Å². The lowest BCUT2D eigenvalue weighted by Gasteiger charge is -2.39. The number of rotatable bonds is 8. The molecule has 0 saturated carbocycles. The van der Waals surface area contributed by atoms with Crippen molar-refractivity contribution < 1.29 is 18.7 Å². The van der Waals surface area contributed by atoms with Gasteiger partial charge in [0.25, 0.3) is 0 Å². The zero-order valence-electron chi connectivity index (χ0n) is 22.2. The van der Waals surface area contributed by atoms with Crippen LogP contribution in [0.4, 0.5) is 8.78 Å². The van der Waals surface area contributed by atoms with E-state index >= 15 is 0 Å². The van der Waals surface area contributed by atoms with Gasteiger partial charge in [0, 0.05) is 19.6 Å². The van der Waals surface area contributed by atoms with Gasteiger partial charge >= 0.3 is 5.97 Å². The fourth-order valence-electron chi connectivity index (χ4n) is 6.04. The summed E-state index contributed by atoms with van der Waals surface area (Å²) < 4.78 is 26.8. The van der Waals surface area contributed by atoms with Gasteiger partial charge < -0.3 is 10.0 Å². The fourth-order valence-corrected chi connectivity index (χ4v) is 6.04. The van der Waals surface area contributed by atoms with Gasteiger partial charge in [0.2, 0.25) is 0 Å². The molecule has 3 nitrogen and oxygen atoms in total. The van der Waals surface area contributed by atoms with Crippen LogP contribution in [0, 0.1) is 25.6 Å². The van der Waals surface area contributed by atoms with Crippen LogP contribution in [0.25, 0.3) is 11.1 Å². The number of carboxylic acid groups (broad SMARTS) is 1. The summed E-state index contributed by atoms with van der Waals surface area (Å²) in [5, 5.41) is 9.58. The fraction of sp³-hybridized carbons (Fsp3) is 0.364. The molecule has 1 N–H and O–H groups in total. The van der Waals surface area contributed by atoms with Crippen LogP contribution in [-0.2, 0) is 12.8 Å². The molecule has 1 heterocycles. The van der Waals surface area contributed by atoms with Crippen molar-refractivity contribution in [1.29, 1.82) is 0 Å². The Balaban J connectivity index is 1.53. The number of benzene rings is 3. The molecule has 0 atom stereocenters. The number of likely N-dealkylation sites (tertiary alicyclic amines) is 1. The van der Waals surface area contributed by atoms with Crippen LogP contribution in [0.15, 0.2) is 54.6 Å². The van der Waals surface area contributed by atoms with Crippen molar-refractivity contribution in [3.05, 3.63) is 105 Å². The number of aryl methyl sites for hydroxylation is 3. The van der Waals surface area contributed by atoms with Crippen LogP contribution >= 0.6 is 0 Å². The predicted molar refractivity (Wildman–Crippen MR) is 149 cm³/mol. The maximum atomic E-state index is 14.4. The van der Waals surface area contributed by atoms with Crippen molar-refractivity contribution in [3.63, 3.8) is 0 Å². The van der Waals surface area contributed by atoms with Gasteiger partial charge in [0.15, 0.2) is 0 Å². The molecule has 0 aromatic heterocycles. The number of hydrogen-bond donors (Lipinski definition) is 1. The standard InChI is InChI=1S/C33H35F2NO2/c1-21-16-31(35)22(2)15-30(21)29-6-3-5-26-18-27(33(37)38)11-12-28(26)32(29)25-9-7-23(8-10-25)17-24-19-36(20-24)14-4-13-34/h7-12,15-16,18,24H,3-6,13-14,17,19-20H2,1-2H3,(H,37,38). The number of hydrogen-bond acceptors (Lipinski definition) is 2. The molecule has 0 bridgehead atoms. The number of aromatic carboxylic acids is 1. The number of allylic oxidation sites excluding steroid dienone is 1. The largest absolute Gasteiger partial charge is 0.478 e. The summed E-state index contributed by atoms with van der Waals surface area (Å²) in [5.41, 5.74) is 9.66. The van der Waals surface area contributed by atoms with E-state index in [4.69, 9.17) is 0 Å². The molecule has 5 rings (SSSR count). The first-order chi connectivity index (χ1) is 18.3. The van der Waals surface area contributed by atoms with Gasteiger partial charge in [-0.3, -0.25) is 4.39 Å². The smallest absolute Gasteiger partial charge is 0.335 e. The molecule has 1 fully saturated rings. The molecule has 3 aromatic rings. The van der Waals surface area contributed by atoms with Crippen molar-refractivity contribution in [2.45, 2.75) is 46.0 Å². The average molecular weight is 516 g/mol. The van der Waals surface area contributed by atoms with Crippen molar-refractivity contribution >= 4 is 17.1 Å². The summed E-state index contributed by atoms with van der Waals surface area (Å²) in [6, 6.07) is 17.8. The second-order valence-electron chi connectivity index (χ2n) is 10.9. The lowest BCUT2D eigenvalue weighted by Crippen LogP contribution is -2.47. The highest BCUT2D eigenvalue weighted by Gasteiger charge is 2.26. The van der Waals surface area contributed by atoms with Crippen LogP contribution < -0.4 is 0 Å². The normalized spacial score (nSPS) is 16.2. The third kappa shape index (κ3) is 5.44. The maximum absolute atomic E-state index is 14.4. The highest BCUT2D eigenvalue weighted by atomic mass is 19.1. The number of fused-ring (bicyclic) bond motifs is 1. The maximum Gasteiger partial charge on any atom is 0.335 e. The Hall–Kier alpha value is -3.31. The van der Waals surface area contributed by atoms with Crippen LogP contribution in [-0.4, -0.2) is 42.3 Å². The number of nitrogens with zero attached hydrogens (tertiary/aromatic N) is 1. The lowest BCUT2D eigenvalue weighted by atomic mass is 9.84. The molecule has 1 aliphatic heterocycles. The van der Waals surface area contributed by atoms with E-state index in [0.29, 0.717) is 23.5 Å². The van der Waals surface area contributed by atoms with Crippen LogP contribution in [0.2, 0.25) is 0 Å². The number of carbonyl (C=O) groups is 1. The van der Waals surface area contributed by atoms with E-state index in [1.807, 2.05) is 25.1 Å². The van der Waals surface area contributed by atoms with Gasteiger partial charge in [0.1, 0.15) is 5.82 Å². The van der Waals surface area contributed by atoms with E-state index < -0.39 is 5.97 Å². The van der Waals surface area contributed by atoms with E-state index in [-0.39, 0.29) is 12.5 Å². The quantitative estimate of drug-likeness (QED) is 0.343.